The van der Waals surface area contributed by atoms with Crippen LogP contribution in [0.5, 0.6) is 0 Å². The largest absolute Gasteiger partial charge is 0.353 e. The lowest BCUT2D eigenvalue weighted by Gasteiger charge is -2.10. The van der Waals surface area contributed by atoms with E-state index in [2.05, 4.69) is 51.6 Å². The Bertz CT molecular complexity index is 860. The zero-order chi connectivity index (χ0) is 18.5. The van der Waals surface area contributed by atoms with Gasteiger partial charge in [-0.2, -0.15) is 4.39 Å². The number of benzene rings is 1. The normalized spacial score (nSPS) is 10.8. The van der Waals surface area contributed by atoms with E-state index in [-0.39, 0.29) is 0 Å². The van der Waals surface area contributed by atoms with Crippen molar-refractivity contribution >= 4 is 23.0 Å². The molecule has 0 fully saturated rings. The third kappa shape index (κ3) is 4.75. The van der Waals surface area contributed by atoms with Gasteiger partial charge in [0, 0.05) is 23.6 Å². The molecular weight excluding hydrogens is 329 g/mol. The molecule has 0 aliphatic carbocycles. The predicted octanol–water partition coefficient (Wildman–Crippen LogP) is 5.00. The molecule has 0 radical (unpaired) electrons. The summed E-state index contributed by atoms with van der Waals surface area (Å²) < 4.78 is 13.3. The van der Waals surface area contributed by atoms with E-state index in [0.717, 1.165) is 17.7 Å². The summed E-state index contributed by atoms with van der Waals surface area (Å²) in [5.41, 5.74) is 4.41. The Morgan fingerprint density at radius 3 is 2.27 bits per heavy atom. The molecule has 0 saturated heterocycles. The number of nitrogens with one attached hydrogen (secondary N) is 2. The highest BCUT2D eigenvalue weighted by Gasteiger charge is 2.04. The average Bonchev–Trinajstić information content (AvgIpc) is 2.61. The Morgan fingerprint density at radius 1 is 0.923 bits per heavy atom. The van der Waals surface area contributed by atoms with E-state index in [9.17, 15) is 4.39 Å². The molecule has 3 rings (SSSR count). The van der Waals surface area contributed by atoms with E-state index in [1.54, 1.807) is 12.4 Å². The van der Waals surface area contributed by atoms with Crippen LogP contribution < -0.4 is 10.6 Å². The van der Waals surface area contributed by atoms with Gasteiger partial charge in [-0.15, -0.1) is 0 Å². The summed E-state index contributed by atoms with van der Waals surface area (Å²) in [6.45, 7) is 6.27. The standard InChI is InChI=1S/C20H22FN5/c1-13(2)8-15-4-6-16(7-5-15)26-20-23-11-17(12-24-20)25-18-9-19(21)22-10-14(18)3/h4-7,9-13H,8H2,1-3H3,(H,22,25)(H,23,24,26). The molecule has 2 aromatic heterocycles. The summed E-state index contributed by atoms with van der Waals surface area (Å²) in [7, 11) is 0. The lowest BCUT2D eigenvalue weighted by Crippen LogP contribution is -2.00. The minimum Gasteiger partial charge on any atom is -0.353 e. The number of halogens is 1. The molecule has 0 spiro atoms. The first kappa shape index (κ1) is 17.8. The average molecular weight is 351 g/mol. The van der Waals surface area contributed by atoms with Crippen molar-refractivity contribution in [3.8, 4) is 0 Å². The fourth-order valence-corrected chi connectivity index (χ4v) is 2.57. The van der Waals surface area contributed by atoms with Gasteiger partial charge in [0.05, 0.1) is 18.1 Å². The van der Waals surface area contributed by atoms with Crippen LogP contribution in [-0.2, 0) is 6.42 Å². The second-order valence-corrected chi connectivity index (χ2v) is 6.66. The molecule has 2 N–H and O–H groups in total. The Labute approximate surface area is 152 Å². The topological polar surface area (TPSA) is 62.7 Å². The molecule has 0 aliphatic rings. The van der Waals surface area contributed by atoms with E-state index >= 15 is 0 Å². The van der Waals surface area contributed by atoms with Crippen molar-refractivity contribution in [1.29, 1.82) is 0 Å². The zero-order valence-corrected chi connectivity index (χ0v) is 15.1. The fraction of sp³-hybridized carbons (Fsp3) is 0.250. The molecule has 0 amide bonds. The quantitative estimate of drug-likeness (QED) is 0.612. The lowest BCUT2D eigenvalue weighted by molar-refractivity contribution is 0.583. The Morgan fingerprint density at radius 2 is 1.62 bits per heavy atom. The molecule has 6 heteroatoms. The van der Waals surface area contributed by atoms with Crippen LogP contribution in [0.3, 0.4) is 0 Å². The van der Waals surface area contributed by atoms with Crippen molar-refractivity contribution < 1.29 is 4.39 Å². The van der Waals surface area contributed by atoms with Crippen molar-refractivity contribution in [3.63, 3.8) is 0 Å². The van der Waals surface area contributed by atoms with E-state index < -0.39 is 5.95 Å². The number of rotatable bonds is 6. The second kappa shape index (κ2) is 7.91. The molecule has 134 valence electrons. The van der Waals surface area contributed by atoms with E-state index in [1.807, 2.05) is 19.1 Å². The van der Waals surface area contributed by atoms with Crippen LogP contribution in [0.4, 0.5) is 27.4 Å². The van der Waals surface area contributed by atoms with E-state index in [0.29, 0.717) is 23.2 Å². The van der Waals surface area contributed by atoms with Crippen molar-refractivity contribution in [2.24, 2.45) is 5.92 Å². The first-order valence-corrected chi connectivity index (χ1v) is 8.57. The molecule has 3 aromatic rings. The van der Waals surface area contributed by atoms with E-state index in [4.69, 9.17) is 0 Å². The van der Waals surface area contributed by atoms with E-state index in [1.165, 1.54) is 17.8 Å². The van der Waals surface area contributed by atoms with Crippen LogP contribution in [0, 0.1) is 18.8 Å². The minimum atomic E-state index is -0.529. The smallest absolute Gasteiger partial charge is 0.227 e. The summed E-state index contributed by atoms with van der Waals surface area (Å²) in [5.74, 6) is 0.609. The molecule has 26 heavy (non-hydrogen) atoms. The van der Waals surface area contributed by atoms with Gasteiger partial charge in [0.15, 0.2) is 0 Å². The van der Waals surface area contributed by atoms with Gasteiger partial charge in [-0.05, 0) is 42.5 Å². The highest BCUT2D eigenvalue weighted by atomic mass is 19.1. The lowest BCUT2D eigenvalue weighted by atomic mass is 10.0. The Kier molecular flexibility index (Phi) is 5.41. The second-order valence-electron chi connectivity index (χ2n) is 6.66. The van der Waals surface area contributed by atoms with Crippen molar-refractivity contribution in [2.45, 2.75) is 27.2 Å². The molecule has 0 saturated carbocycles. The third-order valence-corrected chi connectivity index (χ3v) is 3.85. The number of aromatic nitrogens is 3. The molecule has 1 aromatic carbocycles. The van der Waals surface area contributed by atoms with Crippen molar-refractivity contribution in [3.05, 3.63) is 66.0 Å². The number of anilines is 4. The zero-order valence-electron chi connectivity index (χ0n) is 15.1. The highest BCUT2D eigenvalue weighted by molar-refractivity contribution is 5.62. The number of hydrogen-bond acceptors (Lipinski definition) is 5. The SMILES string of the molecule is Cc1cnc(F)cc1Nc1cnc(Nc2ccc(CC(C)C)cc2)nc1. The minimum absolute atomic E-state index is 0.504. The van der Waals surface area contributed by atoms with Crippen molar-refractivity contribution in [2.75, 3.05) is 10.6 Å². The highest BCUT2D eigenvalue weighted by Crippen LogP contribution is 2.21. The van der Waals surface area contributed by atoms with Gasteiger partial charge in [0.2, 0.25) is 11.9 Å². The summed E-state index contributed by atoms with van der Waals surface area (Å²) in [4.78, 5) is 12.2. The van der Waals surface area contributed by atoms with Gasteiger partial charge in [-0.3, -0.25) is 0 Å². The molecular formula is C20H22FN5. The number of hydrogen-bond donors (Lipinski definition) is 2. The van der Waals surface area contributed by atoms with Gasteiger partial charge in [0.25, 0.3) is 0 Å². The Hall–Kier alpha value is -3.02. The fourth-order valence-electron chi connectivity index (χ4n) is 2.57. The maximum Gasteiger partial charge on any atom is 0.227 e. The first-order chi connectivity index (χ1) is 12.5. The van der Waals surface area contributed by atoms with Crippen LogP contribution in [0.25, 0.3) is 0 Å². The first-order valence-electron chi connectivity index (χ1n) is 8.57. The van der Waals surface area contributed by atoms with Crippen molar-refractivity contribution in [1.82, 2.24) is 15.0 Å². The molecule has 2 heterocycles. The monoisotopic (exact) mass is 351 g/mol. The number of aryl methyl sites for hydroxylation is 1. The van der Waals surface area contributed by atoms with Crippen LogP contribution in [-0.4, -0.2) is 15.0 Å². The summed E-state index contributed by atoms with van der Waals surface area (Å²) in [6, 6.07) is 9.62. The third-order valence-electron chi connectivity index (χ3n) is 3.85. The molecule has 0 aliphatic heterocycles. The summed E-state index contributed by atoms with van der Waals surface area (Å²) in [5, 5.41) is 6.27. The molecule has 0 unspecified atom stereocenters. The number of pyridine rings is 1. The van der Waals surface area contributed by atoms with Gasteiger partial charge in [0.1, 0.15) is 0 Å². The van der Waals surface area contributed by atoms with Gasteiger partial charge in [-0.25, -0.2) is 15.0 Å². The van der Waals surface area contributed by atoms with Gasteiger partial charge < -0.3 is 10.6 Å². The Balaban J connectivity index is 1.65. The maximum atomic E-state index is 13.3. The number of nitrogens with zero attached hydrogens (tertiary/aromatic N) is 3. The molecule has 5 nitrogen and oxygen atoms in total. The summed E-state index contributed by atoms with van der Waals surface area (Å²) in [6.07, 6.45) is 5.85. The molecule has 0 atom stereocenters. The van der Waals surface area contributed by atoms with Crippen LogP contribution in [0.15, 0.2) is 48.9 Å². The summed E-state index contributed by atoms with van der Waals surface area (Å²) >= 11 is 0. The van der Waals surface area contributed by atoms with Gasteiger partial charge in [-0.1, -0.05) is 26.0 Å². The maximum absolute atomic E-state index is 13.3. The van der Waals surface area contributed by atoms with Crippen LogP contribution in [0.2, 0.25) is 0 Å². The predicted molar refractivity (Wildman–Crippen MR) is 103 cm³/mol. The molecule has 0 bridgehead atoms. The van der Waals surface area contributed by atoms with Crippen LogP contribution in [0.1, 0.15) is 25.0 Å². The van der Waals surface area contributed by atoms with Crippen LogP contribution >= 0.6 is 0 Å². The van der Waals surface area contributed by atoms with Gasteiger partial charge >= 0.3 is 0 Å².